The van der Waals surface area contributed by atoms with Crippen molar-refractivity contribution in [2.75, 3.05) is 20.8 Å². The zero-order valence-corrected chi connectivity index (χ0v) is 11.6. The Labute approximate surface area is 121 Å². The number of carbonyl (C=O) groups excluding carboxylic acids is 1. The molecule has 0 aliphatic carbocycles. The van der Waals surface area contributed by atoms with Crippen LogP contribution in [0.4, 0.5) is 4.39 Å². The maximum absolute atomic E-state index is 13.5. The van der Waals surface area contributed by atoms with Crippen molar-refractivity contribution in [1.29, 1.82) is 0 Å². The second kappa shape index (κ2) is 5.09. The van der Waals surface area contributed by atoms with Crippen LogP contribution in [-0.2, 0) is 0 Å². The van der Waals surface area contributed by atoms with Crippen molar-refractivity contribution < 1.29 is 23.4 Å². The van der Waals surface area contributed by atoms with E-state index >= 15 is 0 Å². The minimum Gasteiger partial charge on any atom is -0.493 e. The Bertz CT molecular complexity index is 724. The average Bonchev–Trinajstić information content (AvgIpc) is 2.63. The number of ketones is 1. The van der Waals surface area contributed by atoms with Gasteiger partial charge in [0.05, 0.1) is 14.2 Å². The zero-order chi connectivity index (χ0) is 15.0. The van der Waals surface area contributed by atoms with Crippen LogP contribution in [0.3, 0.4) is 0 Å². The van der Waals surface area contributed by atoms with Crippen LogP contribution in [0.2, 0.25) is 0 Å². The summed E-state index contributed by atoms with van der Waals surface area (Å²) >= 11 is 0. The van der Waals surface area contributed by atoms with Crippen LogP contribution in [0.1, 0.15) is 10.4 Å². The summed E-state index contributed by atoms with van der Waals surface area (Å²) in [4.78, 5) is 12.2. The highest BCUT2D eigenvalue weighted by Crippen LogP contribution is 2.41. The van der Waals surface area contributed by atoms with E-state index in [0.717, 1.165) is 0 Å². The monoisotopic (exact) mass is 288 g/mol. The van der Waals surface area contributed by atoms with Crippen LogP contribution in [0.25, 0.3) is 11.1 Å². The lowest BCUT2D eigenvalue weighted by atomic mass is 9.96. The number of carbonyl (C=O) groups is 1. The molecule has 2 aromatic carbocycles. The van der Waals surface area contributed by atoms with Gasteiger partial charge in [-0.05, 0) is 30.3 Å². The summed E-state index contributed by atoms with van der Waals surface area (Å²) in [7, 11) is 3.00. The SMILES string of the molecule is COc1cc2c(cc1OC)-c1cc(F)ccc1OCC2=O. The molecule has 2 aromatic rings. The fourth-order valence-corrected chi connectivity index (χ4v) is 2.39. The predicted octanol–water partition coefficient (Wildman–Crippen LogP) is 3.09. The van der Waals surface area contributed by atoms with Gasteiger partial charge in [-0.25, -0.2) is 4.39 Å². The molecule has 1 aliphatic rings. The fourth-order valence-electron chi connectivity index (χ4n) is 2.39. The van der Waals surface area contributed by atoms with Crippen molar-refractivity contribution in [3.05, 3.63) is 41.7 Å². The van der Waals surface area contributed by atoms with Crippen LogP contribution in [-0.4, -0.2) is 26.6 Å². The largest absolute Gasteiger partial charge is 0.493 e. The van der Waals surface area contributed by atoms with E-state index in [1.807, 2.05) is 0 Å². The number of hydrogen-bond acceptors (Lipinski definition) is 4. The summed E-state index contributed by atoms with van der Waals surface area (Å²) in [6.45, 7) is -0.0961. The molecule has 0 saturated heterocycles. The fraction of sp³-hybridized carbons (Fsp3) is 0.188. The number of halogens is 1. The van der Waals surface area contributed by atoms with Gasteiger partial charge in [-0.2, -0.15) is 0 Å². The van der Waals surface area contributed by atoms with Gasteiger partial charge in [0, 0.05) is 16.7 Å². The first-order valence-electron chi connectivity index (χ1n) is 6.36. The molecule has 5 heteroatoms. The van der Waals surface area contributed by atoms with Crippen LogP contribution >= 0.6 is 0 Å². The minimum atomic E-state index is -0.396. The second-order valence-corrected chi connectivity index (χ2v) is 4.61. The molecule has 0 aromatic heterocycles. The lowest BCUT2D eigenvalue weighted by Gasteiger charge is -2.13. The van der Waals surface area contributed by atoms with Crippen molar-refractivity contribution in [2.24, 2.45) is 0 Å². The number of Topliss-reactive ketones (excluding diaryl/α,β-unsaturated/α-hetero) is 1. The molecule has 0 radical (unpaired) electrons. The van der Waals surface area contributed by atoms with Gasteiger partial charge in [0.15, 0.2) is 18.1 Å². The molecule has 0 atom stereocenters. The Morgan fingerprint density at radius 3 is 2.33 bits per heavy atom. The molecule has 0 spiro atoms. The van der Waals surface area contributed by atoms with E-state index in [4.69, 9.17) is 14.2 Å². The molecular formula is C16H13FO4. The molecule has 21 heavy (non-hydrogen) atoms. The van der Waals surface area contributed by atoms with E-state index < -0.39 is 5.82 Å². The third kappa shape index (κ3) is 2.20. The summed E-state index contributed by atoms with van der Waals surface area (Å²) in [6, 6.07) is 7.43. The molecule has 1 heterocycles. The molecule has 0 N–H and O–H groups in total. The molecule has 0 saturated carbocycles. The first-order chi connectivity index (χ1) is 10.1. The summed E-state index contributed by atoms with van der Waals surface area (Å²) in [6.07, 6.45) is 0. The Morgan fingerprint density at radius 2 is 1.67 bits per heavy atom. The molecule has 4 nitrogen and oxygen atoms in total. The molecule has 1 aliphatic heterocycles. The maximum atomic E-state index is 13.5. The lowest BCUT2D eigenvalue weighted by molar-refractivity contribution is 0.0925. The minimum absolute atomic E-state index is 0.0961. The first-order valence-corrected chi connectivity index (χ1v) is 6.36. The van der Waals surface area contributed by atoms with Crippen molar-refractivity contribution in [3.8, 4) is 28.4 Å². The Morgan fingerprint density at radius 1 is 1.00 bits per heavy atom. The highest BCUT2D eigenvalue weighted by Gasteiger charge is 2.24. The Kier molecular flexibility index (Phi) is 3.25. The van der Waals surface area contributed by atoms with Crippen LogP contribution in [0.15, 0.2) is 30.3 Å². The highest BCUT2D eigenvalue weighted by molar-refractivity contribution is 6.05. The van der Waals surface area contributed by atoms with Gasteiger partial charge in [-0.15, -0.1) is 0 Å². The smallest absolute Gasteiger partial charge is 0.200 e. The maximum Gasteiger partial charge on any atom is 0.200 e. The molecule has 108 valence electrons. The van der Waals surface area contributed by atoms with Gasteiger partial charge in [0.2, 0.25) is 5.78 Å². The van der Waals surface area contributed by atoms with Crippen molar-refractivity contribution in [3.63, 3.8) is 0 Å². The van der Waals surface area contributed by atoms with Crippen LogP contribution in [0, 0.1) is 5.82 Å². The molecule has 0 fully saturated rings. The number of fused-ring (bicyclic) bond motifs is 3. The predicted molar refractivity (Wildman–Crippen MR) is 74.8 cm³/mol. The third-order valence-corrected chi connectivity index (χ3v) is 3.41. The molecule has 0 amide bonds. The van der Waals surface area contributed by atoms with Crippen LogP contribution < -0.4 is 14.2 Å². The molecule has 3 rings (SSSR count). The van der Waals surface area contributed by atoms with E-state index in [-0.39, 0.29) is 12.4 Å². The van der Waals surface area contributed by atoms with E-state index in [1.54, 1.807) is 12.1 Å². The summed E-state index contributed by atoms with van der Waals surface area (Å²) in [5.41, 5.74) is 1.53. The van der Waals surface area contributed by atoms with E-state index in [0.29, 0.717) is 33.9 Å². The van der Waals surface area contributed by atoms with Crippen molar-refractivity contribution in [2.45, 2.75) is 0 Å². The first kappa shape index (κ1) is 13.4. The number of hydrogen-bond donors (Lipinski definition) is 0. The number of ether oxygens (including phenoxy) is 3. The summed E-state index contributed by atoms with van der Waals surface area (Å²) in [5, 5.41) is 0. The van der Waals surface area contributed by atoms with Crippen molar-refractivity contribution >= 4 is 5.78 Å². The molecule has 0 unspecified atom stereocenters. The van der Waals surface area contributed by atoms with Gasteiger partial charge >= 0.3 is 0 Å². The zero-order valence-electron chi connectivity index (χ0n) is 11.6. The van der Waals surface area contributed by atoms with Gasteiger partial charge in [0.1, 0.15) is 11.6 Å². The Hall–Kier alpha value is -2.56. The van der Waals surface area contributed by atoms with Crippen LogP contribution in [0.5, 0.6) is 17.2 Å². The summed E-state index contributed by atoms with van der Waals surface area (Å²) < 4.78 is 29.5. The van der Waals surface area contributed by atoms with Gasteiger partial charge in [-0.3, -0.25) is 4.79 Å². The van der Waals surface area contributed by atoms with E-state index in [1.165, 1.54) is 32.4 Å². The lowest BCUT2D eigenvalue weighted by Crippen LogP contribution is -2.10. The molecule has 0 bridgehead atoms. The number of rotatable bonds is 2. The van der Waals surface area contributed by atoms with E-state index in [2.05, 4.69) is 0 Å². The number of benzene rings is 2. The van der Waals surface area contributed by atoms with Crippen molar-refractivity contribution in [1.82, 2.24) is 0 Å². The number of methoxy groups -OCH3 is 2. The van der Waals surface area contributed by atoms with Gasteiger partial charge in [0.25, 0.3) is 0 Å². The quantitative estimate of drug-likeness (QED) is 0.852. The second-order valence-electron chi connectivity index (χ2n) is 4.61. The summed E-state index contributed by atoms with van der Waals surface area (Å²) in [5.74, 6) is 0.802. The normalized spacial score (nSPS) is 12.8. The van der Waals surface area contributed by atoms with E-state index in [9.17, 15) is 9.18 Å². The average molecular weight is 288 g/mol. The highest BCUT2D eigenvalue weighted by atomic mass is 19.1. The van der Waals surface area contributed by atoms with Gasteiger partial charge < -0.3 is 14.2 Å². The topological polar surface area (TPSA) is 44.8 Å². The Balaban J connectivity index is 2.31. The third-order valence-electron chi connectivity index (χ3n) is 3.41. The standard InChI is InChI=1S/C16H13FO4/c1-19-15-6-10-11(7-16(15)20-2)13(18)8-21-14-4-3-9(17)5-12(10)14/h3-7H,8H2,1-2H3. The van der Waals surface area contributed by atoms with Gasteiger partial charge in [-0.1, -0.05) is 0 Å². The molecular weight excluding hydrogens is 275 g/mol.